The number of aryl methyl sites for hydroxylation is 1. The summed E-state index contributed by atoms with van der Waals surface area (Å²) in [6, 6.07) is 8.81. The van der Waals surface area contributed by atoms with E-state index in [1.54, 1.807) is 0 Å². The van der Waals surface area contributed by atoms with Gasteiger partial charge in [-0.2, -0.15) is 11.8 Å². The lowest BCUT2D eigenvalue weighted by Crippen LogP contribution is -2.04. The minimum absolute atomic E-state index is 1.06. The molecule has 0 aliphatic rings. The van der Waals surface area contributed by atoms with E-state index in [-0.39, 0.29) is 0 Å². The second-order valence-electron chi connectivity index (χ2n) is 3.57. The van der Waals surface area contributed by atoms with Gasteiger partial charge in [-0.3, -0.25) is 0 Å². The van der Waals surface area contributed by atoms with Crippen molar-refractivity contribution in [3.05, 3.63) is 29.8 Å². The zero-order valence-electron chi connectivity index (χ0n) is 9.75. The summed E-state index contributed by atoms with van der Waals surface area (Å²) in [5.41, 5.74) is 2.68. The molecule has 0 atom stereocenters. The summed E-state index contributed by atoms with van der Waals surface area (Å²) < 4.78 is 0. The molecular weight excluding hydrogens is 202 g/mol. The van der Waals surface area contributed by atoms with Gasteiger partial charge >= 0.3 is 0 Å². The van der Waals surface area contributed by atoms with Gasteiger partial charge in [-0.1, -0.05) is 32.4 Å². The molecule has 84 valence electrons. The second kappa shape index (κ2) is 7.63. The maximum Gasteiger partial charge on any atom is 0.0340 e. The highest BCUT2D eigenvalue weighted by atomic mass is 32.2. The highest BCUT2D eigenvalue weighted by molar-refractivity contribution is 7.99. The minimum Gasteiger partial charge on any atom is -0.384 e. The van der Waals surface area contributed by atoms with Crippen molar-refractivity contribution in [1.82, 2.24) is 0 Å². The smallest absolute Gasteiger partial charge is 0.0340 e. The van der Waals surface area contributed by atoms with Gasteiger partial charge in [-0.05, 0) is 29.9 Å². The molecule has 15 heavy (non-hydrogen) atoms. The Labute approximate surface area is 97.7 Å². The Balaban J connectivity index is 2.29. The van der Waals surface area contributed by atoms with E-state index in [1.165, 1.54) is 35.6 Å². The average Bonchev–Trinajstić information content (AvgIpc) is 2.27. The Hall–Kier alpha value is -0.630. The molecule has 0 spiro atoms. The molecule has 0 saturated carbocycles. The van der Waals surface area contributed by atoms with Crippen molar-refractivity contribution >= 4 is 17.4 Å². The molecule has 1 N–H and O–H groups in total. The molecule has 1 aromatic rings. The van der Waals surface area contributed by atoms with Crippen LogP contribution in [0.3, 0.4) is 0 Å². The highest BCUT2D eigenvalue weighted by Gasteiger charge is 1.93. The number of benzene rings is 1. The maximum atomic E-state index is 3.43. The quantitative estimate of drug-likeness (QED) is 0.706. The van der Waals surface area contributed by atoms with Crippen LogP contribution in [0.1, 0.15) is 25.8 Å². The fourth-order valence-electron chi connectivity index (χ4n) is 1.49. The normalized spacial score (nSPS) is 10.3. The Morgan fingerprint density at radius 2 is 1.87 bits per heavy atom. The van der Waals surface area contributed by atoms with Crippen molar-refractivity contribution < 1.29 is 0 Å². The summed E-state index contributed by atoms with van der Waals surface area (Å²) in [6.45, 7) is 5.48. The van der Waals surface area contributed by atoms with Crippen molar-refractivity contribution in [2.45, 2.75) is 26.7 Å². The molecule has 1 nitrogen and oxygen atoms in total. The van der Waals surface area contributed by atoms with E-state index in [0.29, 0.717) is 0 Å². The summed E-state index contributed by atoms with van der Waals surface area (Å²) in [5.74, 6) is 2.39. The third-order valence-electron chi connectivity index (χ3n) is 2.27. The highest BCUT2D eigenvalue weighted by Crippen LogP contribution is 2.11. The van der Waals surface area contributed by atoms with E-state index >= 15 is 0 Å². The number of thioether (sulfide) groups is 1. The first-order valence-corrected chi connectivity index (χ1v) is 6.92. The Kier molecular flexibility index (Phi) is 6.33. The lowest BCUT2D eigenvalue weighted by molar-refractivity contribution is 0.922. The molecule has 0 aliphatic carbocycles. The van der Waals surface area contributed by atoms with E-state index in [0.717, 1.165) is 6.54 Å². The predicted octanol–water partition coefficient (Wildman–Crippen LogP) is 3.80. The summed E-state index contributed by atoms with van der Waals surface area (Å²) in [7, 11) is 0. The number of hydrogen-bond acceptors (Lipinski definition) is 2. The van der Waals surface area contributed by atoms with Crippen LogP contribution in [0.5, 0.6) is 0 Å². The Morgan fingerprint density at radius 1 is 1.13 bits per heavy atom. The Bertz CT molecular complexity index is 256. The van der Waals surface area contributed by atoms with Crippen molar-refractivity contribution in [3.63, 3.8) is 0 Å². The van der Waals surface area contributed by atoms with E-state index < -0.39 is 0 Å². The topological polar surface area (TPSA) is 12.0 Å². The molecule has 0 heterocycles. The number of hydrogen-bond donors (Lipinski definition) is 1. The zero-order valence-corrected chi connectivity index (χ0v) is 10.6. The molecule has 0 bridgehead atoms. The van der Waals surface area contributed by atoms with Crippen LogP contribution in [0.25, 0.3) is 0 Å². The molecule has 0 saturated heterocycles. The maximum absolute atomic E-state index is 3.43. The number of anilines is 1. The average molecular weight is 223 g/mol. The fourth-order valence-corrected chi connectivity index (χ4v) is 2.02. The third kappa shape index (κ3) is 5.12. The molecule has 1 aromatic carbocycles. The number of rotatable bonds is 7. The van der Waals surface area contributed by atoms with Crippen molar-refractivity contribution in [1.29, 1.82) is 0 Å². The van der Waals surface area contributed by atoms with Crippen LogP contribution in [0.2, 0.25) is 0 Å². The predicted molar refractivity (Wildman–Crippen MR) is 71.9 cm³/mol. The van der Waals surface area contributed by atoms with E-state index in [2.05, 4.69) is 43.4 Å². The van der Waals surface area contributed by atoms with E-state index in [1.807, 2.05) is 11.8 Å². The van der Waals surface area contributed by atoms with Gasteiger partial charge in [0, 0.05) is 18.0 Å². The van der Waals surface area contributed by atoms with Crippen LogP contribution >= 0.6 is 11.8 Å². The molecule has 0 unspecified atom stereocenters. The van der Waals surface area contributed by atoms with Gasteiger partial charge in [0.1, 0.15) is 0 Å². The van der Waals surface area contributed by atoms with Gasteiger partial charge < -0.3 is 5.32 Å². The first-order valence-electron chi connectivity index (χ1n) is 5.77. The first kappa shape index (κ1) is 12.4. The van der Waals surface area contributed by atoms with Crippen molar-refractivity contribution in [3.8, 4) is 0 Å². The second-order valence-corrected chi connectivity index (χ2v) is 4.96. The van der Waals surface area contributed by atoms with E-state index in [9.17, 15) is 0 Å². The van der Waals surface area contributed by atoms with Crippen molar-refractivity contribution in [2.75, 3.05) is 23.4 Å². The van der Waals surface area contributed by atoms with Crippen LogP contribution < -0.4 is 5.32 Å². The van der Waals surface area contributed by atoms with Crippen LogP contribution in [-0.2, 0) is 6.42 Å². The van der Waals surface area contributed by atoms with Gasteiger partial charge in [-0.15, -0.1) is 0 Å². The molecule has 0 aliphatic heterocycles. The summed E-state index contributed by atoms with van der Waals surface area (Å²) in [4.78, 5) is 0. The van der Waals surface area contributed by atoms with Crippen LogP contribution in [-0.4, -0.2) is 18.1 Å². The number of nitrogens with one attached hydrogen (secondary N) is 1. The molecular formula is C13H21NS. The van der Waals surface area contributed by atoms with Crippen LogP contribution in [0, 0.1) is 0 Å². The van der Waals surface area contributed by atoms with Gasteiger partial charge in [0.25, 0.3) is 0 Å². The van der Waals surface area contributed by atoms with Gasteiger partial charge in [-0.25, -0.2) is 0 Å². The summed E-state index contributed by atoms with van der Waals surface area (Å²) in [5, 5.41) is 3.43. The first-order chi connectivity index (χ1) is 7.36. The molecule has 0 aromatic heterocycles. The molecule has 2 heteroatoms. The summed E-state index contributed by atoms with van der Waals surface area (Å²) >= 11 is 1.98. The fraction of sp³-hybridized carbons (Fsp3) is 0.538. The van der Waals surface area contributed by atoms with Crippen LogP contribution in [0.15, 0.2) is 24.3 Å². The van der Waals surface area contributed by atoms with Crippen molar-refractivity contribution in [2.24, 2.45) is 0 Å². The zero-order chi connectivity index (χ0) is 10.9. The molecule has 0 radical (unpaired) electrons. The standard InChI is InChI=1S/C13H21NS/c1-3-5-12-6-8-13(9-7-12)14-10-11-15-4-2/h6-9,14H,3-5,10-11H2,1-2H3. The van der Waals surface area contributed by atoms with E-state index in [4.69, 9.17) is 0 Å². The molecule has 1 rings (SSSR count). The lowest BCUT2D eigenvalue weighted by atomic mass is 10.1. The Morgan fingerprint density at radius 3 is 2.47 bits per heavy atom. The largest absolute Gasteiger partial charge is 0.384 e. The minimum atomic E-state index is 1.06. The molecule has 0 fully saturated rings. The van der Waals surface area contributed by atoms with Gasteiger partial charge in [0.15, 0.2) is 0 Å². The third-order valence-corrected chi connectivity index (χ3v) is 3.17. The lowest BCUT2D eigenvalue weighted by Gasteiger charge is -2.06. The van der Waals surface area contributed by atoms with Gasteiger partial charge in [0.05, 0.1) is 0 Å². The van der Waals surface area contributed by atoms with Crippen LogP contribution in [0.4, 0.5) is 5.69 Å². The molecule has 0 amide bonds. The van der Waals surface area contributed by atoms with Gasteiger partial charge in [0.2, 0.25) is 0 Å². The monoisotopic (exact) mass is 223 g/mol. The summed E-state index contributed by atoms with van der Waals surface area (Å²) in [6.07, 6.45) is 2.41. The SMILES string of the molecule is CCCc1ccc(NCCSCC)cc1.